The van der Waals surface area contributed by atoms with Crippen molar-refractivity contribution in [2.45, 2.75) is 5.41 Å². The van der Waals surface area contributed by atoms with Crippen molar-refractivity contribution < 1.29 is 0 Å². The van der Waals surface area contributed by atoms with Gasteiger partial charge in [-0.2, -0.15) is 0 Å². The number of para-hydroxylation sites is 4. The Kier molecular flexibility index (Phi) is 5.84. The number of fused-ring (bicyclic) bond motifs is 12. The van der Waals surface area contributed by atoms with E-state index in [1.165, 1.54) is 66.6 Å². The van der Waals surface area contributed by atoms with E-state index in [1.54, 1.807) is 6.33 Å². The number of aromatic nitrogens is 3. The van der Waals surface area contributed by atoms with Gasteiger partial charge in [-0.1, -0.05) is 109 Å². The Balaban J connectivity index is 1.22. The molecule has 0 radical (unpaired) electrons. The second kappa shape index (κ2) is 10.6. The molecule has 51 heavy (non-hydrogen) atoms. The summed E-state index contributed by atoms with van der Waals surface area (Å²) < 4.78 is 2.42. The summed E-state index contributed by atoms with van der Waals surface area (Å²) in [6.07, 6.45) is 5.29. The Bertz CT molecular complexity index is 2750. The summed E-state index contributed by atoms with van der Waals surface area (Å²) in [5, 5.41) is 2.49. The zero-order valence-corrected chi connectivity index (χ0v) is 27.6. The highest BCUT2D eigenvalue weighted by atomic mass is 15.2. The van der Waals surface area contributed by atoms with Crippen LogP contribution in [0.1, 0.15) is 22.3 Å². The predicted molar refractivity (Wildman–Crippen MR) is 207 cm³/mol. The molecule has 1 aliphatic heterocycles. The van der Waals surface area contributed by atoms with Crippen LogP contribution in [-0.2, 0) is 5.41 Å². The molecule has 2 aliphatic rings. The van der Waals surface area contributed by atoms with Crippen molar-refractivity contribution in [3.05, 3.63) is 205 Å². The zero-order chi connectivity index (χ0) is 33.5. The van der Waals surface area contributed by atoms with E-state index >= 15 is 0 Å². The van der Waals surface area contributed by atoms with Crippen molar-refractivity contribution in [3.8, 4) is 27.9 Å². The van der Waals surface area contributed by atoms with Gasteiger partial charge in [0.2, 0.25) is 0 Å². The summed E-state index contributed by atoms with van der Waals surface area (Å²) in [5.74, 6) is 0. The lowest BCUT2D eigenvalue weighted by Crippen LogP contribution is -2.36. The molecule has 1 spiro atoms. The van der Waals surface area contributed by atoms with Gasteiger partial charge in [0.15, 0.2) is 0 Å². The van der Waals surface area contributed by atoms with Gasteiger partial charge in [0.25, 0.3) is 0 Å². The fourth-order valence-electron chi connectivity index (χ4n) is 8.95. The van der Waals surface area contributed by atoms with E-state index in [0.29, 0.717) is 0 Å². The first kappa shape index (κ1) is 28.1. The summed E-state index contributed by atoms with van der Waals surface area (Å²) in [5.41, 5.74) is 16.5. The first-order valence-corrected chi connectivity index (χ1v) is 17.4. The number of anilines is 3. The average molecular weight is 651 g/mol. The lowest BCUT2D eigenvalue weighted by Gasteiger charge is -2.45. The molecule has 2 aromatic heterocycles. The molecule has 0 unspecified atom stereocenters. The Hall–Kier alpha value is -6.78. The second-order valence-electron chi connectivity index (χ2n) is 13.4. The zero-order valence-electron chi connectivity index (χ0n) is 27.6. The summed E-state index contributed by atoms with van der Waals surface area (Å²) in [4.78, 5) is 10.9. The standard InChI is InChI=1S/C47H30N4/c1-2-12-33(13-3-1)51-44-20-10-7-17-40(44)47(41-18-8-11-21-45(41)51)39-16-6-4-14-35(39)37-27-46-38(26-42(37)47)36-15-5-9-19-43(36)50(46)34-24-22-31(23-25-34)32-28-48-30-49-29-32/h1-30H. The molecule has 4 heteroatoms. The summed E-state index contributed by atoms with van der Waals surface area (Å²) in [6.45, 7) is 0. The minimum Gasteiger partial charge on any atom is -0.310 e. The van der Waals surface area contributed by atoms with Crippen molar-refractivity contribution in [3.63, 3.8) is 0 Å². The highest BCUT2D eigenvalue weighted by Crippen LogP contribution is 2.64. The van der Waals surface area contributed by atoms with Gasteiger partial charge in [-0.3, -0.25) is 0 Å². The minimum atomic E-state index is -0.499. The first-order chi connectivity index (χ1) is 25.3. The summed E-state index contributed by atoms with van der Waals surface area (Å²) in [6, 6.07) is 60.4. The minimum absolute atomic E-state index is 0.499. The van der Waals surface area contributed by atoms with E-state index < -0.39 is 5.41 Å². The van der Waals surface area contributed by atoms with Crippen LogP contribution in [0.5, 0.6) is 0 Å². The molecule has 238 valence electrons. The summed E-state index contributed by atoms with van der Waals surface area (Å²) in [7, 11) is 0. The van der Waals surface area contributed by atoms with Gasteiger partial charge in [-0.25, -0.2) is 9.97 Å². The Labute approximate surface area is 295 Å². The maximum atomic E-state index is 4.23. The SMILES string of the molecule is c1ccc(N2c3ccccc3C3(c4ccccc4-c4cc5c(cc43)c3ccccc3n5-c3ccc(-c4cncnc4)cc3)c3ccccc32)cc1. The van der Waals surface area contributed by atoms with Gasteiger partial charge in [0.1, 0.15) is 6.33 Å². The largest absolute Gasteiger partial charge is 0.310 e. The van der Waals surface area contributed by atoms with Crippen LogP contribution in [0.3, 0.4) is 0 Å². The molecule has 0 bridgehead atoms. The van der Waals surface area contributed by atoms with E-state index in [0.717, 1.165) is 22.5 Å². The van der Waals surface area contributed by atoms with Crippen LogP contribution in [0.2, 0.25) is 0 Å². The lowest BCUT2D eigenvalue weighted by molar-refractivity contribution is 0.753. The monoisotopic (exact) mass is 650 g/mol. The first-order valence-electron chi connectivity index (χ1n) is 17.4. The maximum Gasteiger partial charge on any atom is 0.115 e. The van der Waals surface area contributed by atoms with Crippen LogP contribution in [0.25, 0.3) is 49.7 Å². The van der Waals surface area contributed by atoms with Crippen LogP contribution in [0, 0.1) is 0 Å². The number of hydrogen-bond donors (Lipinski definition) is 0. The third-order valence-corrected chi connectivity index (χ3v) is 11.0. The third kappa shape index (κ3) is 3.79. The smallest absolute Gasteiger partial charge is 0.115 e. The van der Waals surface area contributed by atoms with Gasteiger partial charge < -0.3 is 9.47 Å². The Morgan fingerprint density at radius 1 is 0.412 bits per heavy atom. The fourth-order valence-corrected chi connectivity index (χ4v) is 8.95. The number of hydrogen-bond acceptors (Lipinski definition) is 3. The van der Waals surface area contributed by atoms with E-state index in [1.807, 2.05) is 12.4 Å². The molecule has 0 N–H and O–H groups in total. The summed E-state index contributed by atoms with van der Waals surface area (Å²) >= 11 is 0. The van der Waals surface area contributed by atoms with Gasteiger partial charge in [-0.15, -0.1) is 0 Å². The molecule has 11 rings (SSSR count). The van der Waals surface area contributed by atoms with E-state index in [4.69, 9.17) is 0 Å². The quantitative estimate of drug-likeness (QED) is 0.191. The molecule has 0 saturated heterocycles. The molecular weight excluding hydrogens is 621 g/mol. The van der Waals surface area contributed by atoms with Crippen LogP contribution >= 0.6 is 0 Å². The average Bonchev–Trinajstić information content (AvgIpc) is 3.68. The molecule has 0 fully saturated rings. The van der Waals surface area contributed by atoms with Gasteiger partial charge >= 0.3 is 0 Å². The van der Waals surface area contributed by atoms with Gasteiger partial charge in [-0.05, 0) is 93.5 Å². The third-order valence-electron chi connectivity index (χ3n) is 11.0. The van der Waals surface area contributed by atoms with Gasteiger partial charge in [0.05, 0.1) is 27.8 Å². The highest BCUT2D eigenvalue weighted by molar-refractivity contribution is 6.12. The van der Waals surface area contributed by atoms with Crippen LogP contribution in [-0.4, -0.2) is 14.5 Å². The van der Waals surface area contributed by atoms with Crippen molar-refractivity contribution in [2.24, 2.45) is 0 Å². The Morgan fingerprint density at radius 2 is 1.04 bits per heavy atom. The molecule has 4 nitrogen and oxygen atoms in total. The van der Waals surface area contributed by atoms with Crippen molar-refractivity contribution in [1.29, 1.82) is 0 Å². The molecule has 0 atom stereocenters. The number of rotatable bonds is 3. The van der Waals surface area contributed by atoms with Crippen molar-refractivity contribution in [2.75, 3.05) is 4.90 Å². The molecule has 0 amide bonds. The molecular formula is C47H30N4. The predicted octanol–water partition coefficient (Wildman–Crippen LogP) is 11.4. The highest BCUT2D eigenvalue weighted by Gasteiger charge is 2.51. The maximum absolute atomic E-state index is 4.23. The van der Waals surface area contributed by atoms with Crippen LogP contribution in [0.15, 0.2) is 183 Å². The van der Waals surface area contributed by atoms with Gasteiger partial charge in [0, 0.05) is 40.1 Å². The van der Waals surface area contributed by atoms with E-state index in [9.17, 15) is 0 Å². The Morgan fingerprint density at radius 3 is 1.78 bits per heavy atom. The molecule has 3 heterocycles. The lowest BCUT2D eigenvalue weighted by atomic mass is 9.64. The van der Waals surface area contributed by atoms with Crippen molar-refractivity contribution in [1.82, 2.24) is 14.5 Å². The van der Waals surface area contributed by atoms with Crippen molar-refractivity contribution >= 4 is 38.9 Å². The molecule has 7 aromatic carbocycles. The van der Waals surface area contributed by atoms with E-state index in [2.05, 4.69) is 183 Å². The number of nitrogens with zero attached hydrogens (tertiary/aromatic N) is 4. The van der Waals surface area contributed by atoms with Crippen LogP contribution < -0.4 is 4.90 Å². The number of benzene rings is 7. The normalized spacial score (nSPS) is 13.6. The second-order valence-corrected chi connectivity index (χ2v) is 13.4. The molecule has 9 aromatic rings. The van der Waals surface area contributed by atoms with Crippen LogP contribution in [0.4, 0.5) is 17.1 Å². The fraction of sp³-hybridized carbons (Fsp3) is 0.0213. The topological polar surface area (TPSA) is 34.0 Å². The molecule has 1 aliphatic carbocycles. The molecule has 0 saturated carbocycles. The van der Waals surface area contributed by atoms with E-state index in [-0.39, 0.29) is 0 Å².